The Morgan fingerprint density at radius 2 is 1.75 bits per heavy atom. The van der Waals surface area contributed by atoms with Gasteiger partial charge in [-0.1, -0.05) is 0 Å². The van der Waals surface area contributed by atoms with Gasteiger partial charge in [-0.05, 0) is 47.8 Å². The predicted molar refractivity (Wildman–Crippen MR) is 91.8 cm³/mol. The fraction of sp³-hybridized carbons (Fsp3) is 0. The molecule has 0 spiro atoms. The van der Waals surface area contributed by atoms with Gasteiger partial charge in [-0.25, -0.2) is 23.1 Å². The van der Waals surface area contributed by atoms with Gasteiger partial charge in [0.1, 0.15) is 5.00 Å². The summed E-state index contributed by atoms with van der Waals surface area (Å²) in [4.78, 5) is 20.5. The maximum Gasteiger partial charge on any atom is 0.264 e. The number of amides is 1. The van der Waals surface area contributed by atoms with Crippen molar-refractivity contribution in [2.75, 3.05) is 9.62 Å². The number of hydrogen-bond donors (Lipinski definition) is 1. The third kappa shape index (κ3) is 3.42. The smallest absolute Gasteiger partial charge is 0.264 e. The summed E-state index contributed by atoms with van der Waals surface area (Å²) < 4.78 is 26.9. The fourth-order valence-corrected chi connectivity index (χ4v) is 3.64. The molecule has 1 amide bonds. The largest absolute Gasteiger partial charge is 0.278 e. The van der Waals surface area contributed by atoms with Crippen LogP contribution in [-0.4, -0.2) is 24.8 Å². The minimum atomic E-state index is -3.80. The van der Waals surface area contributed by atoms with Crippen molar-refractivity contribution in [2.24, 2.45) is 0 Å². The van der Waals surface area contributed by atoms with Gasteiger partial charge in [0.25, 0.3) is 10.0 Å². The predicted octanol–water partition coefficient (Wildman–Crippen LogP) is 2.63. The molecular weight excluding hydrogens is 348 g/mol. The maximum absolute atomic E-state index is 12.3. The molecule has 1 N–H and O–H groups in total. The van der Waals surface area contributed by atoms with E-state index in [9.17, 15) is 13.2 Å². The Hall–Kier alpha value is -2.78. The summed E-state index contributed by atoms with van der Waals surface area (Å²) in [6.45, 7) is 0. The highest BCUT2D eigenvalue weighted by molar-refractivity contribution is 7.92. The Balaban J connectivity index is 1.85. The first-order valence-corrected chi connectivity index (χ1v) is 9.14. The molecule has 0 radical (unpaired) electrons. The van der Waals surface area contributed by atoms with Gasteiger partial charge in [0.05, 0.1) is 4.90 Å². The average Bonchev–Trinajstić information content (AvgIpc) is 3.11. The number of aromatic nitrogens is 2. The van der Waals surface area contributed by atoms with Crippen molar-refractivity contribution >= 4 is 44.4 Å². The van der Waals surface area contributed by atoms with Crippen LogP contribution in [0.5, 0.6) is 0 Å². The van der Waals surface area contributed by atoms with E-state index in [4.69, 9.17) is 0 Å². The molecule has 7 nitrogen and oxygen atoms in total. The van der Waals surface area contributed by atoms with E-state index >= 15 is 0 Å². The number of benzene rings is 1. The van der Waals surface area contributed by atoms with Crippen LogP contribution in [0.2, 0.25) is 0 Å². The van der Waals surface area contributed by atoms with E-state index in [1.165, 1.54) is 40.8 Å². The zero-order chi connectivity index (χ0) is 17.0. The molecule has 0 aliphatic carbocycles. The molecule has 9 heteroatoms. The zero-order valence-corrected chi connectivity index (χ0v) is 13.9. The topological polar surface area (TPSA) is 92.3 Å². The third-order valence-corrected chi connectivity index (χ3v) is 5.28. The second-order valence-electron chi connectivity index (χ2n) is 4.60. The zero-order valence-electron chi connectivity index (χ0n) is 12.2. The van der Waals surface area contributed by atoms with Crippen molar-refractivity contribution < 1.29 is 13.2 Å². The highest BCUT2D eigenvalue weighted by atomic mass is 32.2. The van der Waals surface area contributed by atoms with E-state index < -0.39 is 10.0 Å². The second-order valence-corrected chi connectivity index (χ2v) is 7.21. The summed E-state index contributed by atoms with van der Waals surface area (Å²) in [7, 11) is -3.80. The normalized spacial score (nSPS) is 11.0. The van der Waals surface area contributed by atoms with Gasteiger partial charge in [0.15, 0.2) is 0 Å². The number of thiophene rings is 1. The first-order chi connectivity index (χ1) is 11.6. The van der Waals surface area contributed by atoms with Gasteiger partial charge >= 0.3 is 0 Å². The Bertz CT molecular complexity index is 911. The molecule has 0 saturated carbocycles. The molecule has 3 aromatic rings. The van der Waals surface area contributed by atoms with E-state index in [1.54, 1.807) is 24.3 Å². The fourth-order valence-electron chi connectivity index (χ4n) is 1.96. The number of carbonyl (C=O) groups excluding carboxylic acids is 1. The molecule has 0 atom stereocenters. The standard InChI is InChI=1S/C15H12N4O3S2/c20-11-19(14-3-1-10-23-14)12-4-6-13(7-5-12)24(21,22)18-15-16-8-2-9-17-15/h1-11H,(H,16,17,18). The Labute approximate surface area is 142 Å². The molecule has 0 saturated heterocycles. The van der Waals surface area contributed by atoms with Crippen molar-refractivity contribution in [3.63, 3.8) is 0 Å². The van der Waals surface area contributed by atoms with Gasteiger partial charge in [0, 0.05) is 18.1 Å². The van der Waals surface area contributed by atoms with Crippen LogP contribution in [0.3, 0.4) is 0 Å². The number of carbonyl (C=O) groups is 1. The van der Waals surface area contributed by atoms with Gasteiger partial charge in [-0.3, -0.25) is 9.69 Å². The third-order valence-electron chi connectivity index (χ3n) is 3.07. The number of sulfonamides is 1. The molecule has 3 rings (SSSR count). The van der Waals surface area contributed by atoms with Gasteiger partial charge in [0.2, 0.25) is 12.4 Å². The lowest BCUT2D eigenvalue weighted by atomic mass is 10.3. The van der Waals surface area contributed by atoms with Crippen LogP contribution in [0, 0.1) is 0 Å². The van der Waals surface area contributed by atoms with Crippen LogP contribution in [0.1, 0.15) is 0 Å². The van der Waals surface area contributed by atoms with Crippen LogP contribution in [0.15, 0.2) is 65.1 Å². The molecule has 0 aliphatic rings. The molecule has 0 fully saturated rings. The number of rotatable bonds is 6. The van der Waals surface area contributed by atoms with E-state index in [0.29, 0.717) is 12.1 Å². The van der Waals surface area contributed by atoms with Crippen molar-refractivity contribution in [1.29, 1.82) is 0 Å². The average molecular weight is 360 g/mol. The molecule has 24 heavy (non-hydrogen) atoms. The van der Waals surface area contributed by atoms with Crippen molar-refractivity contribution in [3.05, 3.63) is 60.2 Å². The first kappa shape index (κ1) is 16.1. The minimum absolute atomic E-state index is 0.00493. The van der Waals surface area contributed by atoms with E-state index in [1.807, 2.05) is 11.4 Å². The molecule has 1 aromatic carbocycles. The van der Waals surface area contributed by atoms with Crippen molar-refractivity contribution in [3.8, 4) is 0 Å². The Morgan fingerprint density at radius 3 is 2.33 bits per heavy atom. The maximum atomic E-state index is 12.3. The van der Waals surface area contributed by atoms with Crippen LogP contribution in [0.25, 0.3) is 0 Å². The number of hydrogen-bond acceptors (Lipinski definition) is 6. The van der Waals surface area contributed by atoms with Crippen LogP contribution < -0.4 is 9.62 Å². The van der Waals surface area contributed by atoms with Crippen molar-refractivity contribution in [1.82, 2.24) is 9.97 Å². The molecule has 0 unspecified atom stereocenters. The number of anilines is 3. The Morgan fingerprint density at radius 1 is 1.04 bits per heavy atom. The molecule has 2 heterocycles. The van der Waals surface area contributed by atoms with E-state index in [-0.39, 0.29) is 10.8 Å². The molecule has 0 aliphatic heterocycles. The molecule has 122 valence electrons. The molecular formula is C15H12N4O3S2. The summed E-state index contributed by atoms with van der Waals surface area (Å²) in [6, 6.07) is 11.2. The lowest BCUT2D eigenvalue weighted by Crippen LogP contribution is -2.16. The summed E-state index contributed by atoms with van der Waals surface area (Å²) in [6.07, 6.45) is 3.57. The summed E-state index contributed by atoms with van der Waals surface area (Å²) in [5.74, 6) is -0.00493. The van der Waals surface area contributed by atoms with Gasteiger partial charge in [-0.2, -0.15) is 0 Å². The number of nitrogens with zero attached hydrogens (tertiary/aromatic N) is 3. The lowest BCUT2D eigenvalue weighted by Gasteiger charge is -2.15. The highest BCUT2D eigenvalue weighted by Gasteiger charge is 2.16. The molecule has 2 aromatic heterocycles. The van der Waals surface area contributed by atoms with Crippen LogP contribution >= 0.6 is 11.3 Å². The van der Waals surface area contributed by atoms with Crippen molar-refractivity contribution in [2.45, 2.75) is 4.90 Å². The lowest BCUT2D eigenvalue weighted by molar-refractivity contribution is -0.106. The minimum Gasteiger partial charge on any atom is -0.278 e. The highest BCUT2D eigenvalue weighted by Crippen LogP contribution is 2.28. The summed E-state index contributed by atoms with van der Waals surface area (Å²) >= 11 is 1.41. The van der Waals surface area contributed by atoms with E-state index in [0.717, 1.165) is 5.00 Å². The first-order valence-electron chi connectivity index (χ1n) is 6.78. The Kier molecular flexibility index (Phi) is 4.54. The summed E-state index contributed by atoms with van der Waals surface area (Å²) in [5.41, 5.74) is 0.572. The van der Waals surface area contributed by atoms with Crippen LogP contribution in [-0.2, 0) is 14.8 Å². The molecule has 0 bridgehead atoms. The van der Waals surface area contributed by atoms with E-state index in [2.05, 4.69) is 14.7 Å². The van der Waals surface area contributed by atoms with Gasteiger partial charge < -0.3 is 0 Å². The summed E-state index contributed by atoms with van der Waals surface area (Å²) in [5, 5.41) is 2.60. The monoisotopic (exact) mass is 360 g/mol. The quantitative estimate of drug-likeness (QED) is 0.682. The van der Waals surface area contributed by atoms with Gasteiger partial charge in [-0.15, -0.1) is 11.3 Å². The second kappa shape index (κ2) is 6.77. The SMILES string of the molecule is O=CN(c1ccc(S(=O)(=O)Nc2ncccn2)cc1)c1cccs1. The van der Waals surface area contributed by atoms with Crippen LogP contribution in [0.4, 0.5) is 16.6 Å². The number of nitrogens with one attached hydrogen (secondary N) is 1.